The van der Waals surface area contributed by atoms with Crippen LogP contribution in [-0.4, -0.2) is 0 Å². The number of rotatable bonds is 1. The first-order chi connectivity index (χ1) is 8.53. The highest BCUT2D eigenvalue weighted by molar-refractivity contribution is 5.37. The Morgan fingerprint density at radius 1 is 0.789 bits per heavy atom. The topological polar surface area (TPSA) is 0 Å². The summed E-state index contributed by atoms with van der Waals surface area (Å²) < 4.78 is 74.8. The first kappa shape index (κ1) is 17.8. The summed E-state index contributed by atoms with van der Waals surface area (Å²) in [5.41, 5.74) is -3.05. The zero-order chi connectivity index (χ0) is 15.4. The van der Waals surface area contributed by atoms with Gasteiger partial charge in [0.15, 0.2) is 0 Å². The molecule has 1 aromatic rings. The van der Waals surface area contributed by atoms with Crippen LogP contribution in [0.1, 0.15) is 50.3 Å². The molecule has 0 saturated carbocycles. The maximum absolute atomic E-state index is 12.5. The van der Waals surface area contributed by atoms with E-state index in [2.05, 4.69) is 0 Å². The van der Waals surface area contributed by atoms with Gasteiger partial charge in [-0.05, 0) is 23.6 Å². The number of hydrogen-bond donors (Lipinski definition) is 0. The van der Waals surface area contributed by atoms with E-state index in [9.17, 15) is 26.3 Å². The smallest absolute Gasteiger partial charge is 0.166 e. The predicted octanol–water partition coefficient (Wildman–Crippen LogP) is 5.87. The van der Waals surface area contributed by atoms with Crippen LogP contribution in [0.25, 0.3) is 0 Å². The lowest BCUT2D eigenvalue weighted by molar-refractivity contribution is -0.162. The lowest BCUT2D eigenvalue weighted by Gasteiger charge is -2.17. The second kappa shape index (κ2) is 6.30. The molecule has 0 heterocycles. The lowest BCUT2D eigenvalue weighted by Crippen LogP contribution is -2.17. The van der Waals surface area contributed by atoms with Gasteiger partial charge in [-0.3, -0.25) is 0 Å². The monoisotopic (exact) mass is 286 g/mol. The molecule has 0 aliphatic heterocycles. The average molecular weight is 286 g/mol. The number of benzene rings is 1. The second-order valence-corrected chi connectivity index (χ2v) is 3.96. The molecule has 0 radical (unpaired) electrons. The number of alkyl halides is 6. The van der Waals surface area contributed by atoms with E-state index < -0.39 is 23.5 Å². The largest absolute Gasteiger partial charge is 0.417 e. The highest BCUT2D eigenvalue weighted by atomic mass is 19.4. The van der Waals surface area contributed by atoms with Crippen molar-refractivity contribution in [1.29, 1.82) is 0 Å². The minimum atomic E-state index is -5.00. The normalized spacial score (nSPS) is 12.2. The van der Waals surface area contributed by atoms with Crippen molar-refractivity contribution in [1.82, 2.24) is 0 Å². The molecule has 0 fully saturated rings. The third kappa shape index (κ3) is 4.76. The molecule has 0 aromatic heterocycles. The van der Waals surface area contributed by atoms with E-state index in [1.807, 2.05) is 13.8 Å². The van der Waals surface area contributed by atoms with Gasteiger partial charge in [-0.25, -0.2) is 0 Å². The molecule has 0 spiro atoms. The van der Waals surface area contributed by atoms with Crippen LogP contribution in [0.5, 0.6) is 0 Å². The van der Waals surface area contributed by atoms with Crippen LogP contribution in [0.3, 0.4) is 0 Å². The van der Waals surface area contributed by atoms with Crippen molar-refractivity contribution >= 4 is 0 Å². The van der Waals surface area contributed by atoms with Crippen molar-refractivity contribution in [2.24, 2.45) is 0 Å². The molecule has 110 valence electrons. The van der Waals surface area contributed by atoms with Gasteiger partial charge in [0.25, 0.3) is 0 Å². The van der Waals surface area contributed by atoms with Gasteiger partial charge in [-0.15, -0.1) is 0 Å². The van der Waals surface area contributed by atoms with Gasteiger partial charge >= 0.3 is 12.4 Å². The molecular formula is C13H16F6. The summed E-state index contributed by atoms with van der Waals surface area (Å²) in [7, 11) is 0. The summed E-state index contributed by atoms with van der Waals surface area (Å²) in [6.07, 6.45) is -10.0. The summed E-state index contributed by atoms with van der Waals surface area (Å²) in [6, 6.07) is 2.12. The van der Waals surface area contributed by atoms with Gasteiger partial charge in [0.1, 0.15) is 0 Å². The Labute approximate surface area is 108 Å². The fourth-order valence-corrected chi connectivity index (χ4v) is 1.40. The van der Waals surface area contributed by atoms with Crippen LogP contribution in [0, 0.1) is 0 Å². The van der Waals surface area contributed by atoms with Gasteiger partial charge in [-0.2, -0.15) is 26.3 Å². The van der Waals surface area contributed by atoms with Crippen LogP contribution in [0.15, 0.2) is 18.2 Å². The Hall–Kier alpha value is -1.20. The molecule has 0 saturated heterocycles. The second-order valence-electron chi connectivity index (χ2n) is 3.96. The summed E-state index contributed by atoms with van der Waals surface area (Å²) in [5, 5.41) is 0. The number of hydrogen-bond acceptors (Lipinski definition) is 0. The first-order valence-electron chi connectivity index (χ1n) is 5.82. The summed E-state index contributed by atoms with van der Waals surface area (Å²) in [4.78, 5) is 0. The molecule has 0 aliphatic rings. The predicted molar refractivity (Wildman–Crippen MR) is 61.9 cm³/mol. The fourth-order valence-electron chi connectivity index (χ4n) is 1.40. The Bertz CT molecular complexity index is 401. The van der Waals surface area contributed by atoms with Gasteiger partial charge < -0.3 is 0 Å². The Morgan fingerprint density at radius 3 is 1.53 bits per heavy atom. The number of halogens is 6. The average Bonchev–Trinajstić information content (AvgIpc) is 2.28. The van der Waals surface area contributed by atoms with E-state index in [0.717, 1.165) is 6.07 Å². The van der Waals surface area contributed by atoms with Crippen molar-refractivity contribution < 1.29 is 26.3 Å². The summed E-state index contributed by atoms with van der Waals surface area (Å²) in [5.74, 6) is -0.265. The van der Waals surface area contributed by atoms with Gasteiger partial charge in [-0.1, -0.05) is 33.8 Å². The van der Waals surface area contributed by atoms with E-state index in [4.69, 9.17) is 0 Å². The zero-order valence-corrected chi connectivity index (χ0v) is 11.1. The third-order valence-electron chi connectivity index (χ3n) is 2.32. The molecule has 0 nitrogen and oxygen atoms in total. The standard InChI is InChI=1S/C11H10F6.C2H6/c1-6(2)7-3-4-8(10(12,13)14)9(5-7)11(15,16)17;1-2/h3-6H,1-2H3;1-2H3. The van der Waals surface area contributed by atoms with Gasteiger partial charge in [0.2, 0.25) is 0 Å². The highest BCUT2D eigenvalue weighted by Crippen LogP contribution is 2.41. The molecule has 6 heteroatoms. The van der Waals surface area contributed by atoms with E-state index in [-0.39, 0.29) is 11.5 Å². The van der Waals surface area contributed by atoms with Gasteiger partial charge in [0.05, 0.1) is 11.1 Å². The molecule has 1 aromatic carbocycles. The summed E-state index contributed by atoms with van der Waals surface area (Å²) >= 11 is 0. The van der Waals surface area contributed by atoms with Crippen molar-refractivity contribution in [3.8, 4) is 0 Å². The van der Waals surface area contributed by atoms with Gasteiger partial charge in [0, 0.05) is 0 Å². The van der Waals surface area contributed by atoms with Crippen molar-refractivity contribution in [2.75, 3.05) is 0 Å². The zero-order valence-electron chi connectivity index (χ0n) is 11.1. The van der Waals surface area contributed by atoms with Crippen molar-refractivity contribution in [3.05, 3.63) is 34.9 Å². The lowest BCUT2D eigenvalue weighted by atomic mass is 9.97. The van der Waals surface area contributed by atoms with Crippen molar-refractivity contribution in [3.63, 3.8) is 0 Å². The summed E-state index contributed by atoms with van der Waals surface area (Å²) in [6.45, 7) is 7.23. The maximum Gasteiger partial charge on any atom is 0.417 e. The molecule has 0 amide bonds. The van der Waals surface area contributed by atoms with Crippen LogP contribution in [-0.2, 0) is 12.4 Å². The van der Waals surface area contributed by atoms with E-state index in [1.165, 1.54) is 0 Å². The van der Waals surface area contributed by atoms with E-state index >= 15 is 0 Å². The molecule has 0 atom stereocenters. The van der Waals surface area contributed by atoms with Crippen LogP contribution in [0.2, 0.25) is 0 Å². The minimum absolute atomic E-state index is 0.227. The molecular weight excluding hydrogens is 270 g/mol. The van der Waals surface area contributed by atoms with E-state index in [0.29, 0.717) is 12.1 Å². The van der Waals surface area contributed by atoms with Crippen molar-refractivity contribution in [2.45, 2.75) is 46.0 Å². The molecule has 0 bridgehead atoms. The molecule has 19 heavy (non-hydrogen) atoms. The van der Waals surface area contributed by atoms with Crippen LogP contribution < -0.4 is 0 Å². The molecule has 0 aliphatic carbocycles. The highest BCUT2D eigenvalue weighted by Gasteiger charge is 2.43. The van der Waals surface area contributed by atoms with Crippen LogP contribution >= 0.6 is 0 Å². The Morgan fingerprint density at radius 2 is 1.21 bits per heavy atom. The molecule has 0 N–H and O–H groups in total. The first-order valence-corrected chi connectivity index (χ1v) is 5.82. The van der Waals surface area contributed by atoms with Crippen LogP contribution in [0.4, 0.5) is 26.3 Å². The quantitative estimate of drug-likeness (QED) is 0.566. The molecule has 0 unspecified atom stereocenters. The Kier molecular flexibility index (Phi) is 5.90. The third-order valence-corrected chi connectivity index (χ3v) is 2.32. The fraction of sp³-hybridized carbons (Fsp3) is 0.538. The SMILES string of the molecule is CC.CC(C)c1ccc(C(F)(F)F)c(C(F)(F)F)c1. The maximum atomic E-state index is 12.5. The molecule has 1 rings (SSSR count). The minimum Gasteiger partial charge on any atom is -0.166 e. The Balaban J connectivity index is 0.00000154. The van der Waals surface area contributed by atoms with E-state index in [1.54, 1.807) is 13.8 Å².